The monoisotopic (exact) mass is 421 g/mol. The molecular formula is C23H20ClN3O3. The van der Waals surface area contributed by atoms with Crippen molar-refractivity contribution in [1.82, 2.24) is 9.99 Å². The van der Waals surface area contributed by atoms with E-state index < -0.39 is 0 Å². The van der Waals surface area contributed by atoms with Gasteiger partial charge in [0, 0.05) is 40.5 Å². The zero-order chi connectivity index (χ0) is 20.7. The molecular weight excluding hydrogens is 402 g/mol. The van der Waals surface area contributed by atoms with Crippen molar-refractivity contribution in [2.75, 3.05) is 14.2 Å². The van der Waals surface area contributed by atoms with Crippen LogP contribution in [0.5, 0.6) is 17.2 Å². The van der Waals surface area contributed by atoms with E-state index in [1.54, 1.807) is 26.6 Å². The number of hydrogen-bond donors (Lipinski definition) is 0. The number of benzene rings is 2. The predicted molar refractivity (Wildman–Crippen MR) is 114 cm³/mol. The first-order valence-electron chi connectivity index (χ1n) is 9.62. The summed E-state index contributed by atoms with van der Waals surface area (Å²) >= 11 is 6.30. The summed E-state index contributed by atoms with van der Waals surface area (Å²) in [6.07, 6.45) is 3.91. The zero-order valence-corrected chi connectivity index (χ0v) is 17.3. The molecule has 152 valence electrons. The van der Waals surface area contributed by atoms with E-state index in [4.69, 9.17) is 30.9 Å². The number of halogens is 1. The lowest BCUT2D eigenvalue weighted by Gasteiger charge is -2.38. The maximum absolute atomic E-state index is 6.34. The van der Waals surface area contributed by atoms with Gasteiger partial charge in [-0.3, -0.25) is 4.98 Å². The number of nitrogens with zero attached hydrogens (tertiary/aromatic N) is 3. The molecule has 1 aromatic heterocycles. The Morgan fingerprint density at radius 3 is 2.57 bits per heavy atom. The van der Waals surface area contributed by atoms with Gasteiger partial charge in [0.25, 0.3) is 0 Å². The van der Waals surface area contributed by atoms with Gasteiger partial charge >= 0.3 is 0 Å². The summed E-state index contributed by atoms with van der Waals surface area (Å²) in [6.45, 7) is 0. The molecule has 2 aliphatic rings. The SMILES string of the molecule is COc1ccc(C2=NN3[C@@H](C2)c2cc(Cl)ccc2O[C@H]3c2ccncc2)cc1OC. The summed E-state index contributed by atoms with van der Waals surface area (Å²) in [6, 6.07) is 15.5. The lowest BCUT2D eigenvalue weighted by Crippen LogP contribution is -2.33. The second kappa shape index (κ2) is 7.54. The van der Waals surface area contributed by atoms with Gasteiger partial charge in [-0.05, 0) is 48.5 Å². The Labute approximate surface area is 179 Å². The molecule has 0 unspecified atom stereocenters. The van der Waals surface area contributed by atoms with Crippen LogP contribution >= 0.6 is 11.6 Å². The molecule has 3 aromatic rings. The number of hydrogen-bond acceptors (Lipinski definition) is 6. The topological polar surface area (TPSA) is 56.2 Å². The van der Waals surface area contributed by atoms with Crippen LogP contribution in [-0.4, -0.2) is 29.9 Å². The van der Waals surface area contributed by atoms with Gasteiger partial charge in [-0.15, -0.1) is 0 Å². The highest BCUT2D eigenvalue weighted by Crippen LogP contribution is 2.48. The molecule has 5 rings (SSSR count). The Morgan fingerprint density at radius 1 is 1.00 bits per heavy atom. The summed E-state index contributed by atoms with van der Waals surface area (Å²) in [7, 11) is 3.26. The lowest BCUT2D eigenvalue weighted by atomic mass is 9.96. The molecule has 30 heavy (non-hydrogen) atoms. The molecule has 6 nitrogen and oxygen atoms in total. The number of rotatable bonds is 4. The molecule has 2 aromatic carbocycles. The summed E-state index contributed by atoms with van der Waals surface area (Å²) in [5, 5.41) is 7.66. The molecule has 2 atom stereocenters. The standard InChI is InChI=1S/C23H20ClN3O3/c1-28-21-5-3-15(11-22(21)29-2)18-13-19-17-12-16(24)4-6-20(17)30-23(27(19)26-18)14-7-9-25-10-8-14/h3-12,19,23H,13H2,1-2H3/t19-,23-/m0/s1. The highest BCUT2D eigenvalue weighted by Gasteiger charge is 2.41. The molecule has 0 aliphatic carbocycles. The minimum atomic E-state index is -0.343. The van der Waals surface area contributed by atoms with Gasteiger partial charge in [0.1, 0.15) is 5.75 Å². The average molecular weight is 422 g/mol. The van der Waals surface area contributed by atoms with E-state index in [1.165, 1.54) is 0 Å². The smallest absolute Gasteiger partial charge is 0.213 e. The highest BCUT2D eigenvalue weighted by molar-refractivity contribution is 6.30. The van der Waals surface area contributed by atoms with Crippen molar-refractivity contribution in [2.45, 2.75) is 18.7 Å². The fourth-order valence-corrected chi connectivity index (χ4v) is 4.18. The van der Waals surface area contributed by atoms with Crippen LogP contribution < -0.4 is 14.2 Å². The zero-order valence-electron chi connectivity index (χ0n) is 16.6. The first-order chi connectivity index (χ1) is 14.7. The molecule has 0 radical (unpaired) electrons. The lowest BCUT2D eigenvalue weighted by molar-refractivity contribution is -0.0190. The second-order valence-electron chi connectivity index (χ2n) is 7.15. The quantitative estimate of drug-likeness (QED) is 0.593. The van der Waals surface area contributed by atoms with Crippen LogP contribution in [0.4, 0.5) is 0 Å². The van der Waals surface area contributed by atoms with Crippen LogP contribution in [0.15, 0.2) is 66.0 Å². The third-order valence-corrected chi connectivity index (χ3v) is 5.70. The van der Waals surface area contributed by atoms with E-state index >= 15 is 0 Å². The molecule has 7 heteroatoms. The number of aromatic nitrogens is 1. The van der Waals surface area contributed by atoms with E-state index in [-0.39, 0.29) is 12.3 Å². The molecule has 3 heterocycles. The van der Waals surface area contributed by atoms with Crippen LogP contribution in [0.2, 0.25) is 5.02 Å². The Hall–Kier alpha value is -3.25. The normalized spacial score (nSPS) is 19.4. The molecule has 0 bridgehead atoms. The molecule has 0 spiro atoms. The van der Waals surface area contributed by atoms with E-state index in [9.17, 15) is 0 Å². The first-order valence-corrected chi connectivity index (χ1v) is 10.00. The van der Waals surface area contributed by atoms with Crippen LogP contribution in [-0.2, 0) is 0 Å². The fourth-order valence-electron chi connectivity index (χ4n) is 4.00. The summed E-state index contributed by atoms with van der Waals surface area (Å²) < 4.78 is 17.2. The largest absolute Gasteiger partial charge is 0.493 e. The van der Waals surface area contributed by atoms with Crippen molar-refractivity contribution in [1.29, 1.82) is 0 Å². The number of fused-ring (bicyclic) bond motifs is 3. The van der Waals surface area contributed by atoms with Crippen LogP contribution in [0.1, 0.15) is 35.4 Å². The van der Waals surface area contributed by atoms with Crippen molar-refractivity contribution >= 4 is 17.3 Å². The molecule has 0 saturated heterocycles. The van der Waals surface area contributed by atoms with Gasteiger partial charge in [0.05, 0.1) is 26.0 Å². The first kappa shape index (κ1) is 18.8. The number of hydrazone groups is 1. The van der Waals surface area contributed by atoms with Crippen molar-refractivity contribution < 1.29 is 14.2 Å². The molecule has 0 N–H and O–H groups in total. The van der Waals surface area contributed by atoms with Gasteiger partial charge in [-0.25, -0.2) is 5.01 Å². The summed E-state index contributed by atoms with van der Waals surface area (Å²) in [5.41, 5.74) is 3.97. The maximum Gasteiger partial charge on any atom is 0.213 e. The Morgan fingerprint density at radius 2 is 1.80 bits per heavy atom. The number of methoxy groups -OCH3 is 2. The van der Waals surface area contributed by atoms with Gasteiger partial charge < -0.3 is 14.2 Å². The minimum absolute atomic E-state index is 0.0220. The number of ether oxygens (including phenoxy) is 3. The molecule has 0 fully saturated rings. The Balaban J connectivity index is 1.58. The van der Waals surface area contributed by atoms with Crippen LogP contribution in [0.3, 0.4) is 0 Å². The van der Waals surface area contributed by atoms with Gasteiger partial charge in [0.2, 0.25) is 6.23 Å². The minimum Gasteiger partial charge on any atom is -0.493 e. The van der Waals surface area contributed by atoms with Gasteiger partial charge in [-0.2, -0.15) is 5.10 Å². The predicted octanol–water partition coefficient (Wildman–Crippen LogP) is 4.99. The van der Waals surface area contributed by atoms with E-state index in [2.05, 4.69) is 4.98 Å². The van der Waals surface area contributed by atoms with E-state index in [1.807, 2.05) is 53.5 Å². The number of pyridine rings is 1. The van der Waals surface area contributed by atoms with Gasteiger partial charge in [0.15, 0.2) is 11.5 Å². The van der Waals surface area contributed by atoms with E-state index in [0.717, 1.165) is 34.6 Å². The highest BCUT2D eigenvalue weighted by atomic mass is 35.5. The van der Waals surface area contributed by atoms with Crippen molar-refractivity contribution in [3.8, 4) is 17.2 Å². The van der Waals surface area contributed by atoms with Crippen LogP contribution in [0, 0.1) is 0 Å². The molecule has 0 amide bonds. The fraction of sp³-hybridized carbons (Fsp3) is 0.217. The van der Waals surface area contributed by atoms with Gasteiger partial charge in [-0.1, -0.05) is 11.6 Å². The molecule has 2 aliphatic heterocycles. The summed E-state index contributed by atoms with van der Waals surface area (Å²) in [5.74, 6) is 2.19. The summed E-state index contributed by atoms with van der Waals surface area (Å²) in [4.78, 5) is 4.13. The second-order valence-corrected chi connectivity index (χ2v) is 7.59. The third-order valence-electron chi connectivity index (χ3n) is 5.46. The van der Waals surface area contributed by atoms with E-state index in [0.29, 0.717) is 16.5 Å². The van der Waals surface area contributed by atoms with Crippen molar-refractivity contribution in [3.05, 3.63) is 82.6 Å². The van der Waals surface area contributed by atoms with Crippen molar-refractivity contribution in [2.24, 2.45) is 5.10 Å². The Bertz CT molecular complexity index is 1120. The maximum atomic E-state index is 6.34. The van der Waals surface area contributed by atoms with Crippen LogP contribution in [0.25, 0.3) is 0 Å². The third kappa shape index (κ3) is 3.13. The van der Waals surface area contributed by atoms with Crippen molar-refractivity contribution in [3.63, 3.8) is 0 Å². The average Bonchev–Trinajstić information content (AvgIpc) is 3.24. The Kier molecular flexibility index (Phi) is 4.71. The molecule has 0 saturated carbocycles.